The molecule has 1 saturated carbocycles. The topological polar surface area (TPSA) is 29.5 Å². The van der Waals surface area contributed by atoms with Crippen molar-refractivity contribution in [3.8, 4) is 0 Å². The highest BCUT2D eigenvalue weighted by atomic mass is 16.6. The molecule has 1 aliphatic rings. The lowest BCUT2D eigenvalue weighted by Gasteiger charge is -2.38. The second kappa shape index (κ2) is 2.76. The zero-order chi connectivity index (χ0) is 8.54. The van der Waals surface area contributed by atoms with Gasteiger partial charge in [0.1, 0.15) is 0 Å². The summed E-state index contributed by atoms with van der Waals surface area (Å²) in [6.45, 7) is 4.48. The Labute approximate surface area is 68.6 Å². The van der Waals surface area contributed by atoms with E-state index in [1.54, 1.807) is 7.11 Å². The van der Waals surface area contributed by atoms with Gasteiger partial charge in [0.05, 0.1) is 0 Å². The molecule has 0 spiro atoms. The Kier molecular flexibility index (Phi) is 2.26. The van der Waals surface area contributed by atoms with Crippen molar-refractivity contribution in [3.05, 3.63) is 0 Å². The molecule has 1 N–H and O–H groups in total. The van der Waals surface area contributed by atoms with Gasteiger partial charge >= 0.3 is 0 Å². The standard InChI is InChI=1S/C9H18O2/c1-8(2)4-6-9(10,11-3)7-5-8/h10H,4-7H2,1-3H3. The third-order valence-electron chi connectivity index (χ3n) is 2.76. The van der Waals surface area contributed by atoms with Gasteiger partial charge in [0, 0.05) is 20.0 Å². The van der Waals surface area contributed by atoms with Crippen LogP contribution in [0.1, 0.15) is 39.5 Å². The summed E-state index contributed by atoms with van der Waals surface area (Å²) in [5, 5.41) is 9.69. The largest absolute Gasteiger partial charge is 0.365 e. The summed E-state index contributed by atoms with van der Waals surface area (Å²) in [6.07, 6.45) is 3.65. The van der Waals surface area contributed by atoms with Crippen molar-refractivity contribution in [2.24, 2.45) is 5.41 Å². The van der Waals surface area contributed by atoms with E-state index >= 15 is 0 Å². The van der Waals surface area contributed by atoms with Gasteiger partial charge in [-0.15, -0.1) is 0 Å². The van der Waals surface area contributed by atoms with Gasteiger partial charge in [-0.05, 0) is 18.3 Å². The van der Waals surface area contributed by atoms with Gasteiger partial charge in [0.25, 0.3) is 0 Å². The predicted molar refractivity (Wildman–Crippen MR) is 44.2 cm³/mol. The summed E-state index contributed by atoms with van der Waals surface area (Å²) < 4.78 is 5.03. The molecule has 1 rings (SSSR count). The lowest BCUT2D eigenvalue weighted by molar-refractivity contribution is -0.213. The van der Waals surface area contributed by atoms with E-state index in [0.29, 0.717) is 5.41 Å². The molecular formula is C9H18O2. The third-order valence-corrected chi connectivity index (χ3v) is 2.76. The molecule has 1 fully saturated rings. The van der Waals surface area contributed by atoms with Crippen molar-refractivity contribution in [2.75, 3.05) is 7.11 Å². The van der Waals surface area contributed by atoms with Crippen LogP contribution in [-0.4, -0.2) is 18.0 Å². The second-order valence-electron chi connectivity index (χ2n) is 4.31. The van der Waals surface area contributed by atoms with Crippen LogP contribution in [0.5, 0.6) is 0 Å². The van der Waals surface area contributed by atoms with Crippen molar-refractivity contribution >= 4 is 0 Å². The molecule has 0 amide bonds. The second-order valence-corrected chi connectivity index (χ2v) is 4.31. The molecule has 0 atom stereocenters. The number of aliphatic hydroxyl groups is 1. The van der Waals surface area contributed by atoms with Crippen LogP contribution < -0.4 is 0 Å². The highest BCUT2D eigenvalue weighted by Crippen LogP contribution is 2.40. The Balaban J connectivity index is 2.48. The molecule has 0 radical (unpaired) electrons. The van der Waals surface area contributed by atoms with Crippen LogP contribution in [0.3, 0.4) is 0 Å². The van der Waals surface area contributed by atoms with Gasteiger partial charge in [-0.1, -0.05) is 13.8 Å². The summed E-state index contributed by atoms with van der Waals surface area (Å²) >= 11 is 0. The highest BCUT2D eigenvalue weighted by molar-refractivity contribution is 4.82. The number of ether oxygens (including phenoxy) is 1. The van der Waals surface area contributed by atoms with Gasteiger partial charge in [-0.3, -0.25) is 0 Å². The highest BCUT2D eigenvalue weighted by Gasteiger charge is 2.36. The molecule has 0 saturated heterocycles. The fourth-order valence-corrected chi connectivity index (χ4v) is 1.52. The van der Waals surface area contributed by atoms with Crippen LogP contribution >= 0.6 is 0 Å². The number of hydrogen-bond acceptors (Lipinski definition) is 2. The number of hydrogen-bond donors (Lipinski definition) is 1. The molecular weight excluding hydrogens is 140 g/mol. The minimum absolute atomic E-state index is 0.394. The molecule has 66 valence electrons. The Bertz CT molecular complexity index is 130. The monoisotopic (exact) mass is 158 g/mol. The Morgan fingerprint density at radius 2 is 1.55 bits per heavy atom. The molecule has 0 heterocycles. The van der Waals surface area contributed by atoms with Crippen LogP contribution in [-0.2, 0) is 4.74 Å². The van der Waals surface area contributed by atoms with Crippen LogP contribution in [0, 0.1) is 5.41 Å². The Hall–Kier alpha value is -0.0800. The average molecular weight is 158 g/mol. The molecule has 0 bridgehead atoms. The zero-order valence-electron chi connectivity index (χ0n) is 7.68. The van der Waals surface area contributed by atoms with Crippen LogP contribution in [0.25, 0.3) is 0 Å². The molecule has 0 aromatic carbocycles. The number of rotatable bonds is 1. The summed E-state index contributed by atoms with van der Waals surface area (Å²) in [5.41, 5.74) is 0.394. The molecule has 2 nitrogen and oxygen atoms in total. The summed E-state index contributed by atoms with van der Waals surface area (Å²) in [5.74, 6) is -0.824. The maximum atomic E-state index is 9.69. The van der Waals surface area contributed by atoms with E-state index < -0.39 is 5.79 Å². The molecule has 0 aliphatic heterocycles. The van der Waals surface area contributed by atoms with Crippen LogP contribution in [0.15, 0.2) is 0 Å². The van der Waals surface area contributed by atoms with Gasteiger partial charge in [-0.25, -0.2) is 0 Å². The lowest BCUT2D eigenvalue weighted by Crippen LogP contribution is -2.38. The smallest absolute Gasteiger partial charge is 0.165 e. The molecule has 1 aliphatic carbocycles. The molecule has 0 unspecified atom stereocenters. The SMILES string of the molecule is COC1(O)CCC(C)(C)CC1. The summed E-state index contributed by atoms with van der Waals surface area (Å²) in [4.78, 5) is 0. The van der Waals surface area contributed by atoms with E-state index in [4.69, 9.17) is 4.74 Å². The maximum Gasteiger partial charge on any atom is 0.165 e. The molecule has 0 aromatic heterocycles. The van der Waals surface area contributed by atoms with E-state index in [9.17, 15) is 5.11 Å². The number of methoxy groups -OCH3 is 1. The fourth-order valence-electron chi connectivity index (χ4n) is 1.52. The van der Waals surface area contributed by atoms with Crippen molar-refractivity contribution in [3.63, 3.8) is 0 Å². The first-order valence-electron chi connectivity index (χ1n) is 4.25. The Morgan fingerprint density at radius 1 is 1.09 bits per heavy atom. The van der Waals surface area contributed by atoms with Crippen LogP contribution in [0.4, 0.5) is 0 Å². The zero-order valence-corrected chi connectivity index (χ0v) is 7.68. The molecule has 0 aromatic rings. The maximum absolute atomic E-state index is 9.69. The van der Waals surface area contributed by atoms with Crippen molar-refractivity contribution < 1.29 is 9.84 Å². The normalized spacial score (nSPS) is 28.4. The predicted octanol–water partition coefficient (Wildman–Crippen LogP) is 1.92. The first-order chi connectivity index (χ1) is 4.97. The van der Waals surface area contributed by atoms with Gasteiger partial charge in [0.2, 0.25) is 0 Å². The Morgan fingerprint density at radius 3 is 1.91 bits per heavy atom. The van der Waals surface area contributed by atoms with Crippen LogP contribution in [0.2, 0.25) is 0 Å². The van der Waals surface area contributed by atoms with E-state index in [1.807, 2.05) is 0 Å². The van der Waals surface area contributed by atoms with Gasteiger partial charge in [0.15, 0.2) is 5.79 Å². The van der Waals surface area contributed by atoms with E-state index in [2.05, 4.69) is 13.8 Å². The lowest BCUT2D eigenvalue weighted by atomic mass is 9.75. The van der Waals surface area contributed by atoms with Gasteiger partial charge < -0.3 is 9.84 Å². The van der Waals surface area contributed by atoms with E-state index in [-0.39, 0.29) is 0 Å². The van der Waals surface area contributed by atoms with E-state index in [1.165, 1.54) is 0 Å². The summed E-state index contributed by atoms with van der Waals surface area (Å²) in [7, 11) is 1.58. The van der Waals surface area contributed by atoms with Crippen molar-refractivity contribution in [1.29, 1.82) is 0 Å². The van der Waals surface area contributed by atoms with Crippen molar-refractivity contribution in [2.45, 2.75) is 45.3 Å². The molecule has 2 heteroatoms. The first kappa shape index (κ1) is 9.01. The fraction of sp³-hybridized carbons (Fsp3) is 1.00. The van der Waals surface area contributed by atoms with Crippen molar-refractivity contribution in [1.82, 2.24) is 0 Å². The third kappa shape index (κ3) is 2.17. The molecule has 11 heavy (non-hydrogen) atoms. The quantitative estimate of drug-likeness (QED) is 0.591. The summed E-state index contributed by atoms with van der Waals surface area (Å²) in [6, 6.07) is 0. The minimum atomic E-state index is -0.824. The average Bonchev–Trinajstić information content (AvgIpc) is 1.97. The minimum Gasteiger partial charge on any atom is -0.365 e. The van der Waals surface area contributed by atoms with Gasteiger partial charge in [-0.2, -0.15) is 0 Å². The first-order valence-corrected chi connectivity index (χ1v) is 4.25. The van der Waals surface area contributed by atoms with E-state index in [0.717, 1.165) is 25.7 Å².